The second kappa shape index (κ2) is 5.43. The van der Waals surface area contributed by atoms with E-state index >= 15 is 0 Å². The molecule has 0 bridgehead atoms. The van der Waals surface area contributed by atoms with Gasteiger partial charge < -0.3 is 5.73 Å². The number of rotatable bonds is 3. The van der Waals surface area contributed by atoms with E-state index in [0.29, 0.717) is 13.0 Å². The van der Waals surface area contributed by atoms with Gasteiger partial charge in [0.25, 0.3) is 0 Å². The summed E-state index contributed by atoms with van der Waals surface area (Å²) in [6.45, 7) is 0.549. The molecular formula is C9H12ClN5. The molecule has 2 N–H and O–H groups in total. The number of hydrogen-bond acceptors (Lipinski definition) is 4. The van der Waals surface area contributed by atoms with Gasteiger partial charge in [0, 0.05) is 6.42 Å². The Hall–Kier alpha value is -1.46. The molecule has 2 rings (SSSR count). The van der Waals surface area contributed by atoms with E-state index in [-0.39, 0.29) is 12.4 Å². The van der Waals surface area contributed by atoms with Crippen LogP contribution in [0.1, 0.15) is 5.82 Å². The molecular weight excluding hydrogens is 214 g/mol. The molecule has 0 radical (unpaired) electrons. The molecule has 0 saturated heterocycles. The average molecular weight is 226 g/mol. The number of benzene rings is 1. The predicted octanol–water partition coefficient (Wildman–Crippen LogP) is 0.585. The molecule has 1 aromatic carbocycles. The van der Waals surface area contributed by atoms with Gasteiger partial charge in [0.1, 0.15) is 0 Å². The fraction of sp³-hybridized carbons (Fsp3) is 0.222. The van der Waals surface area contributed by atoms with Crippen molar-refractivity contribution in [3.8, 4) is 5.69 Å². The molecule has 0 aliphatic heterocycles. The number of nitrogens with zero attached hydrogens (tertiary/aromatic N) is 4. The molecule has 5 nitrogen and oxygen atoms in total. The molecule has 1 aromatic heterocycles. The number of aromatic nitrogens is 4. The van der Waals surface area contributed by atoms with Crippen molar-refractivity contribution in [1.82, 2.24) is 20.2 Å². The lowest BCUT2D eigenvalue weighted by Gasteiger charge is -2.01. The third-order valence-electron chi connectivity index (χ3n) is 1.90. The van der Waals surface area contributed by atoms with Gasteiger partial charge in [0.15, 0.2) is 5.82 Å². The van der Waals surface area contributed by atoms with E-state index in [4.69, 9.17) is 5.73 Å². The SMILES string of the molecule is Cl.NCCc1nnnn1-c1ccccc1. The van der Waals surface area contributed by atoms with Crippen molar-refractivity contribution in [2.45, 2.75) is 6.42 Å². The van der Waals surface area contributed by atoms with Gasteiger partial charge in [-0.3, -0.25) is 0 Å². The molecule has 80 valence electrons. The molecule has 1 heterocycles. The zero-order valence-corrected chi connectivity index (χ0v) is 8.89. The second-order valence-corrected chi connectivity index (χ2v) is 2.88. The van der Waals surface area contributed by atoms with E-state index in [2.05, 4.69) is 15.5 Å². The van der Waals surface area contributed by atoms with Crippen LogP contribution in [0.4, 0.5) is 0 Å². The lowest BCUT2D eigenvalue weighted by Crippen LogP contribution is -2.09. The van der Waals surface area contributed by atoms with E-state index in [1.165, 1.54) is 0 Å². The highest BCUT2D eigenvalue weighted by molar-refractivity contribution is 5.85. The summed E-state index contributed by atoms with van der Waals surface area (Å²) in [5.74, 6) is 0.790. The maximum Gasteiger partial charge on any atom is 0.157 e. The van der Waals surface area contributed by atoms with Crippen molar-refractivity contribution in [3.63, 3.8) is 0 Å². The van der Waals surface area contributed by atoms with Crippen molar-refractivity contribution >= 4 is 12.4 Å². The largest absolute Gasteiger partial charge is 0.330 e. The average Bonchev–Trinajstić information content (AvgIpc) is 2.68. The fourth-order valence-electron chi connectivity index (χ4n) is 1.26. The van der Waals surface area contributed by atoms with Crippen molar-refractivity contribution in [1.29, 1.82) is 0 Å². The molecule has 0 unspecified atom stereocenters. The Morgan fingerprint density at radius 3 is 2.60 bits per heavy atom. The lowest BCUT2D eigenvalue weighted by atomic mass is 10.3. The smallest absolute Gasteiger partial charge is 0.157 e. The van der Waals surface area contributed by atoms with Gasteiger partial charge in [-0.25, -0.2) is 0 Å². The van der Waals surface area contributed by atoms with Crippen LogP contribution in [0.3, 0.4) is 0 Å². The van der Waals surface area contributed by atoms with Gasteiger partial charge in [-0.1, -0.05) is 18.2 Å². The highest BCUT2D eigenvalue weighted by Gasteiger charge is 2.05. The molecule has 0 fully saturated rings. The van der Waals surface area contributed by atoms with Crippen LogP contribution in [0.2, 0.25) is 0 Å². The van der Waals surface area contributed by atoms with E-state index in [9.17, 15) is 0 Å². The standard InChI is InChI=1S/C9H11N5.ClH/c10-7-6-9-11-12-13-14(9)8-4-2-1-3-5-8;/h1-5H,6-7,10H2;1H. The van der Waals surface area contributed by atoms with Gasteiger partial charge in [-0.05, 0) is 29.1 Å². The summed E-state index contributed by atoms with van der Waals surface area (Å²) < 4.78 is 1.70. The Bertz CT molecular complexity index is 400. The van der Waals surface area contributed by atoms with Crippen molar-refractivity contribution < 1.29 is 0 Å². The van der Waals surface area contributed by atoms with E-state index < -0.39 is 0 Å². The summed E-state index contributed by atoms with van der Waals surface area (Å²) in [6, 6.07) is 9.76. The first kappa shape index (κ1) is 11.6. The predicted molar refractivity (Wildman–Crippen MR) is 59.2 cm³/mol. The van der Waals surface area contributed by atoms with Crippen LogP contribution < -0.4 is 5.73 Å². The minimum atomic E-state index is 0. The first-order chi connectivity index (χ1) is 6.92. The van der Waals surface area contributed by atoms with E-state index in [1.54, 1.807) is 4.68 Å². The zero-order valence-electron chi connectivity index (χ0n) is 8.08. The molecule has 0 aliphatic carbocycles. The Morgan fingerprint density at radius 2 is 1.93 bits per heavy atom. The van der Waals surface area contributed by atoms with Crippen LogP contribution in [0.5, 0.6) is 0 Å². The fourth-order valence-corrected chi connectivity index (χ4v) is 1.26. The third-order valence-corrected chi connectivity index (χ3v) is 1.90. The molecule has 2 aromatic rings. The zero-order chi connectivity index (χ0) is 9.80. The van der Waals surface area contributed by atoms with Gasteiger partial charge in [-0.2, -0.15) is 4.68 Å². The Balaban J connectivity index is 0.00000112. The minimum Gasteiger partial charge on any atom is -0.330 e. The number of para-hydroxylation sites is 1. The van der Waals surface area contributed by atoms with Gasteiger partial charge in [-0.15, -0.1) is 17.5 Å². The Labute approximate surface area is 93.7 Å². The Kier molecular flexibility index (Phi) is 4.20. The Morgan fingerprint density at radius 1 is 1.20 bits per heavy atom. The summed E-state index contributed by atoms with van der Waals surface area (Å²) >= 11 is 0. The highest BCUT2D eigenvalue weighted by Crippen LogP contribution is 2.06. The molecule has 0 spiro atoms. The number of nitrogens with two attached hydrogens (primary N) is 1. The lowest BCUT2D eigenvalue weighted by molar-refractivity contribution is 0.755. The quantitative estimate of drug-likeness (QED) is 0.830. The van der Waals surface area contributed by atoms with Crippen LogP contribution in [0.15, 0.2) is 30.3 Å². The summed E-state index contributed by atoms with van der Waals surface area (Å²) in [5, 5.41) is 11.4. The minimum absolute atomic E-state index is 0. The molecule has 6 heteroatoms. The molecule has 0 atom stereocenters. The summed E-state index contributed by atoms with van der Waals surface area (Å²) in [6.07, 6.45) is 0.682. The summed E-state index contributed by atoms with van der Waals surface area (Å²) in [7, 11) is 0. The van der Waals surface area contributed by atoms with Crippen LogP contribution in [0, 0.1) is 0 Å². The molecule has 0 aliphatic rings. The summed E-state index contributed by atoms with van der Waals surface area (Å²) in [5.41, 5.74) is 6.42. The first-order valence-electron chi connectivity index (χ1n) is 4.44. The number of hydrogen-bond donors (Lipinski definition) is 1. The van der Waals surface area contributed by atoms with E-state index in [0.717, 1.165) is 11.5 Å². The van der Waals surface area contributed by atoms with Crippen LogP contribution >= 0.6 is 12.4 Å². The first-order valence-corrected chi connectivity index (χ1v) is 4.44. The van der Waals surface area contributed by atoms with E-state index in [1.807, 2.05) is 30.3 Å². The van der Waals surface area contributed by atoms with Crippen LogP contribution in [0.25, 0.3) is 5.69 Å². The van der Waals surface area contributed by atoms with Crippen molar-refractivity contribution in [2.24, 2.45) is 5.73 Å². The van der Waals surface area contributed by atoms with Gasteiger partial charge in [0.05, 0.1) is 5.69 Å². The number of halogens is 1. The highest BCUT2D eigenvalue weighted by atomic mass is 35.5. The van der Waals surface area contributed by atoms with Crippen LogP contribution in [-0.4, -0.2) is 26.8 Å². The molecule has 15 heavy (non-hydrogen) atoms. The van der Waals surface area contributed by atoms with Gasteiger partial charge in [0.2, 0.25) is 0 Å². The maximum absolute atomic E-state index is 5.46. The van der Waals surface area contributed by atoms with Crippen molar-refractivity contribution in [3.05, 3.63) is 36.2 Å². The van der Waals surface area contributed by atoms with Crippen LogP contribution in [-0.2, 0) is 6.42 Å². The molecule has 0 amide bonds. The third kappa shape index (κ3) is 2.51. The number of tetrazole rings is 1. The van der Waals surface area contributed by atoms with Gasteiger partial charge >= 0.3 is 0 Å². The molecule has 0 saturated carbocycles. The maximum atomic E-state index is 5.46. The topological polar surface area (TPSA) is 69.6 Å². The summed E-state index contributed by atoms with van der Waals surface area (Å²) in [4.78, 5) is 0. The second-order valence-electron chi connectivity index (χ2n) is 2.88. The normalized spacial score (nSPS) is 9.67. The monoisotopic (exact) mass is 225 g/mol. The van der Waals surface area contributed by atoms with Crippen molar-refractivity contribution in [2.75, 3.05) is 6.54 Å².